The van der Waals surface area contributed by atoms with Crippen LogP contribution in [0.5, 0.6) is 0 Å². The van der Waals surface area contributed by atoms with E-state index in [2.05, 4.69) is 5.32 Å². The molecule has 0 fully saturated rings. The number of nitrogens with two attached hydrogens (primary N) is 1. The molecule has 0 aliphatic carbocycles. The van der Waals surface area contributed by atoms with Crippen LogP contribution in [0.1, 0.15) is 19.8 Å². The van der Waals surface area contributed by atoms with Crippen molar-refractivity contribution in [2.75, 3.05) is 40.0 Å². The highest BCUT2D eigenvalue weighted by atomic mass is 16.5. The molecule has 1 atom stereocenters. The van der Waals surface area contributed by atoms with Gasteiger partial charge in [-0.25, -0.2) is 0 Å². The Morgan fingerprint density at radius 3 is 2.69 bits per heavy atom. The Hall–Kier alpha value is -0.650. The van der Waals surface area contributed by atoms with E-state index in [0.29, 0.717) is 32.9 Å². The Kier molecular flexibility index (Phi) is 10.4. The molecule has 0 spiro atoms. The summed E-state index contributed by atoms with van der Waals surface area (Å²) >= 11 is 0. The highest BCUT2D eigenvalue weighted by molar-refractivity contribution is 5.78. The topological polar surface area (TPSA) is 73.6 Å². The van der Waals surface area contributed by atoms with Gasteiger partial charge in [0.05, 0.1) is 25.7 Å². The van der Waals surface area contributed by atoms with Gasteiger partial charge < -0.3 is 20.5 Å². The van der Waals surface area contributed by atoms with Crippen LogP contribution < -0.4 is 11.1 Å². The van der Waals surface area contributed by atoms with Crippen molar-refractivity contribution in [1.29, 1.82) is 0 Å². The molecule has 0 saturated heterocycles. The maximum Gasteiger partial charge on any atom is 0.224 e. The van der Waals surface area contributed by atoms with Crippen LogP contribution in [-0.4, -0.2) is 45.9 Å². The molecular formula is C11H24N2O3. The molecule has 0 rings (SSSR count). The minimum atomic E-state index is -0.0658. The predicted octanol–water partition coefficient (Wildman–Crippen LogP) is 0.141. The zero-order chi connectivity index (χ0) is 12.2. The Labute approximate surface area is 97.7 Å². The second-order valence-corrected chi connectivity index (χ2v) is 3.62. The van der Waals surface area contributed by atoms with Crippen LogP contribution in [0.25, 0.3) is 0 Å². The van der Waals surface area contributed by atoms with Crippen LogP contribution in [0.3, 0.4) is 0 Å². The minimum Gasteiger partial charge on any atom is -0.382 e. The summed E-state index contributed by atoms with van der Waals surface area (Å²) in [6.45, 7) is 4.63. The van der Waals surface area contributed by atoms with E-state index in [4.69, 9.17) is 15.2 Å². The van der Waals surface area contributed by atoms with Crippen LogP contribution in [0, 0.1) is 5.92 Å². The molecule has 0 aliphatic heterocycles. The van der Waals surface area contributed by atoms with Gasteiger partial charge in [0.1, 0.15) is 0 Å². The number of hydrogen-bond acceptors (Lipinski definition) is 4. The van der Waals surface area contributed by atoms with E-state index in [1.54, 1.807) is 7.11 Å². The zero-order valence-corrected chi connectivity index (χ0v) is 10.3. The van der Waals surface area contributed by atoms with Gasteiger partial charge in [-0.1, -0.05) is 13.3 Å². The summed E-state index contributed by atoms with van der Waals surface area (Å²) in [5.74, 6) is -0.0383. The molecule has 0 aromatic carbocycles. The number of hydrogen-bond donors (Lipinski definition) is 2. The van der Waals surface area contributed by atoms with Crippen molar-refractivity contribution in [3.63, 3.8) is 0 Å². The first-order chi connectivity index (χ1) is 7.76. The van der Waals surface area contributed by atoms with Gasteiger partial charge in [0.25, 0.3) is 0 Å². The lowest BCUT2D eigenvalue weighted by molar-refractivity contribution is -0.125. The molecule has 0 aromatic rings. The highest BCUT2D eigenvalue weighted by Crippen LogP contribution is 2.03. The maximum atomic E-state index is 11.6. The molecule has 0 bridgehead atoms. The van der Waals surface area contributed by atoms with Crippen LogP contribution >= 0.6 is 0 Å². The van der Waals surface area contributed by atoms with Gasteiger partial charge in [-0.3, -0.25) is 4.79 Å². The number of carbonyl (C=O) groups is 1. The van der Waals surface area contributed by atoms with E-state index in [1.807, 2.05) is 6.92 Å². The van der Waals surface area contributed by atoms with Crippen LogP contribution in [0.4, 0.5) is 0 Å². The van der Waals surface area contributed by atoms with Crippen molar-refractivity contribution in [2.45, 2.75) is 19.8 Å². The van der Waals surface area contributed by atoms with Gasteiger partial charge >= 0.3 is 0 Å². The second kappa shape index (κ2) is 10.9. The second-order valence-electron chi connectivity index (χ2n) is 3.62. The Bertz CT molecular complexity index is 177. The van der Waals surface area contributed by atoms with Crippen LogP contribution in [-0.2, 0) is 14.3 Å². The van der Waals surface area contributed by atoms with Crippen LogP contribution in [0.15, 0.2) is 0 Å². The number of nitrogens with one attached hydrogen (secondary N) is 1. The van der Waals surface area contributed by atoms with Crippen molar-refractivity contribution < 1.29 is 14.3 Å². The molecule has 0 aromatic heterocycles. The van der Waals surface area contributed by atoms with Crippen molar-refractivity contribution in [3.05, 3.63) is 0 Å². The first-order valence-corrected chi connectivity index (χ1v) is 5.80. The Morgan fingerprint density at radius 2 is 2.12 bits per heavy atom. The summed E-state index contributed by atoms with van der Waals surface area (Å²) in [6.07, 6.45) is 1.81. The molecule has 0 heterocycles. The van der Waals surface area contributed by atoms with Gasteiger partial charge in [-0.15, -0.1) is 0 Å². The fraction of sp³-hybridized carbons (Fsp3) is 0.909. The third kappa shape index (κ3) is 7.62. The third-order valence-electron chi connectivity index (χ3n) is 2.27. The maximum absolute atomic E-state index is 11.6. The highest BCUT2D eigenvalue weighted by Gasteiger charge is 2.14. The number of ether oxygens (including phenoxy) is 2. The van der Waals surface area contributed by atoms with Gasteiger partial charge in [-0.2, -0.15) is 0 Å². The van der Waals surface area contributed by atoms with Crippen molar-refractivity contribution in [2.24, 2.45) is 11.7 Å². The molecule has 3 N–H and O–H groups in total. The summed E-state index contributed by atoms with van der Waals surface area (Å²) < 4.78 is 10.1. The molecule has 5 heteroatoms. The summed E-state index contributed by atoms with van der Waals surface area (Å²) in [7, 11) is 1.63. The third-order valence-corrected chi connectivity index (χ3v) is 2.27. The summed E-state index contributed by atoms with van der Waals surface area (Å²) in [5, 5.41) is 2.81. The van der Waals surface area contributed by atoms with Crippen LogP contribution in [0.2, 0.25) is 0 Å². The van der Waals surface area contributed by atoms with E-state index in [1.165, 1.54) is 0 Å². The first kappa shape index (κ1) is 15.3. The first-order valence-electron chi connectivity index (χ1n) is 5.80. The predicted molar refractivity (Wildman–Crippen MR) is 63.2 cm³/mol. The number of rotatable bonds is 10. The summed E-state index contributed by atoms with van der Waals surface area (Å²) in [5.41, 5.74) is 5.52. The number of carbonyl (C=O) groups excluding carboxylic acids is 1. The van der Waals surface area contributed by atoms with E-state index in [9.17, 15) is 4.79 Å². The van der Waals surface area contributed by atoms with E-state index < -0.39 is 0 Å². The molecule has 0 saturated carbocycles. The monoisotopic (exact) mass is 232 g/mol. The molecule has 96 valence electrons. The normalized spacial score (nSPS) is 12.4. The molecule has 0 radical (unpaired) electrons. The Morgan fingerprint density at radius 1 is 1.38 bits per heavy atom. The van der Waals surface area contributed by atoms with Gasteiger partial charge in [0, 0.05) is 20.2 Å². The standard InChI is InChI=1S/C11H24N2O3/c1-3-4-10(9-12)11(14)13-5-6-16-8-7-15-2/h10H,3-9,12H2,1-2H3,(H,13,14). The number of amides is 1. The smallest absolute Gasteiger partial charge is 0.224 e. The van der Waals surface area contributed by atoms with E-state index in [0.717, 1.165) is 12.8 Å². The van der Waals surface area contributed by atoms with Crippen molar-refractivity contribution >= 4 is 5.91 Å². The Balaban J connectivity index is 3.47. The summed E-state index contributed by atoms with van der Waals surface area (Å²) in [6, 6.07) is 0. The van der Waals surface area contributed by atoms with Crippen molar-refractivity contribution in [1.82, 2.24) is 5.32 Å². The molecule has 5 nitrogen and oxygen atoms in total. The largest absolute Gasteiger partial charge is 0.382 e. The zero-order valence-electron chi connectivity index (χ0n) is 10.3. The minimum absolute atomic E-state index is 0.0275. The molecule has 16 heavy (non-hydrogen) atoms. The van der Waals surface area contributed by atoms with Gasteiger partial charge in [0.2, 0.25) is 5.91 Å². The molecular weight excluding hydrogens is 208 g/mol. The molecule has 1 amide bonds. The average molecular weight is 232 g/mol. The van der Waals surface area contributed by atoms with E-state index >= 15 is 0 Å². The lowest BCUT2D eigenvalue weighted by Gasteiger charge is -2.13. The van der Waals surface area contributed by atoms with Crippen molar-refractivity contribution in [3.8, 4) is 0 Å². The fourth-order valence-electron chi connectivity index (χ4n) is 1.34. The average Bonchev–Trinajstić information content (AvgIpc) is 2.30. The summed E-state index contributed by atoms with van der Waals surface area (Å²) in [4.78, 5) is 11.6. The lowest BCUT2D eigenvalue weighted by Crippen LogP contribution is -2.36. The molecule has 1 unspecified atom stereocenters. The SMILES string of the molecule is CCCC(CN)C(=O)NCCOCCOC. The van der Waals surface area contributed by atoms with E-state index in [-0.39, 0.29) is 11.8 Å². The number of methoxy groups -OCH3 is 1. The van der Waals surface area contributed by atoms with Gasteiger partial charge in [0.15, 0.2) is 0 Å². The lowest BCUT2D eigenvalue weighted by atomic mass is 10.0. The fourth-order valence-corrected chi connectivity index (χ4v) is 1.34. The van der Waals surface area contributed by atoms with Gasteiger partial charge in [-0.05, 0) is 6.42 Å². The molecule has 0 aliphatic rings. The quantitative estimate of drug-likeness (QED) is 0.525.